The molecule has 3 rings (SSSR count). The fourth-order valence-corrected chi connectivity index (χ4v) is 3.05. The average Bonchev–Trinajstić information content (AvgIpc) is 3.19. The lowest BCUT2D eigenvalue weighted by molar-refractivity contribution is 0.524. The maximum Gasteiger partial charge on any atom is 0.189 e. The molecule has 0 aliphatic heterocycles. The van der Waals surface area contributed by atoms with Crippen LogP contribution in [-0.4, -0.2) is 17.0 Å². The predicted octanol–water partition coefficient (Wildman–Crippen LogP) is 3.76. The largest absolute Gasteiger partial charge is 0.457 e. The normalized spacial score (nSPS) is 13.4. The molecule has 1 unspecified atom stereocenters. The summed E-state index contributed by atoms with van der Waals surface area (Å²) in [7, 11) is 0. The zero-order valence-electron chi connectivity index (χ0n) is 13.2. The number of hydrogen-bond donors (Lipinski definition) is 2. The molecule has 1 aromatic carbocycles. The molecule has 1 atom stereocenters. The van der Waals surface area contributed by atoms with E-state index in [4.69, 9.17) is 10.2 Å². The van der Waals surface area contributed by atoms with E-state index in [-0.39, 0.29) is 0 Å². The first-order chi connectivity index (χ1) is 11.2. The number of rotatable bonds is 5. The van der Waals surface area contributed by atoms with E-state index in [2.05, 4.69) is 35.2 Å². The van der Waals surface area contributed by atoms with Crippen molar-refractivity contribution in [1.82, 2.24) is 10.3 Å². The van der Waals surface area contributed by atoms with E-state index >= 15 is 0 Å². The van der Waals surface area contributed by atoms with Crippen molar-refractivity contribution in [1.29, 1.82) is 0 Å². The Kier molecular flexibility index (Phi) is 4.62. The van der Waals surface area contributed by atoms with Crippen molar-refractivity contribution in [2.75, 3.05) is 0 Å². The maximum absolute atomic E-state index is 5.85. The standard InChI is InChI=1S/C17H20N4OS/c1-3-11(2)20-17(18)19-10-12-8-9-14(22-12)16-21-13-6-4-5-7-15(13)23-16/h4-9,11H,3,10H2,1-2H3,(H3,18,19,20). The van der Waals surface area contributed by atoms with Crippen LogP contribution in [0.25, 0.3) is 21.0 Å². The number of hydrogen-bond acceptors (Lipinski definition) is 4. The molecule has 0 fully saturated rings. The van der Waals surface area contributed by atoms with Gasteiger partial charge in [-0.05, 0) is 37.6 Å². The van der Waals surface area contributed by atoms with E-state index in [0.29, 0.717) is 18.5 Å². The molecule has 0 bridgehead atoms. The molecule has 23 heavy (non-hydrogen) atoms. The molecule has 0 amide bonds. The van der Waals surface area contributed by atoms with Gasteiger partial charge in [0.2, 0.25) is 0 Å². The molecule has 0 radical (unpaired) electrons. The first-order valence-electron chi connectivity index (χ1n) is 7.67. The van der Waals surface area contributed by atoms with Crippen LogP contribution in [0, 0.1) is 0 Å². The highest BCUT2D eigenvalue weighted by Crippen LogP contribution is 2.31. The van der Waals surface area contributed by atoms with Crippen molar-refractivity contribution in [3.05, 3.63) is 42.2 Å². The van der Waals surface area contributed by atoms with E-state index in [0.717, 1.165) is 33.2 Å². The Morgan fingerprint density at radius 2 is 2.17 bits per heavy atom. The molecule has 0 saturated heterocycles. The molecule has 3 aromatic rings. The minimum absolute atomic E-state index is 0.314. The predicted molar refractivity (Wildman–Crippen MR) is 95.5 cm³/mol. The molecule has 3 N–H and O–H groups in total. The molecule has 5 nitrogen and oxygen atoms in total. The third kappa shape index (κ3) is 3.71. The summed E-state index contributed by atoms with van der Waals surface area (Å²) in [5.74, 6) is 1.98. The van der Waals surface area contributed by atoms with E-state index < -0.39 is 0 Å². The van der Waals surface area contributed by atoms with Crippen LogP contribution in [0.15, 0.2) is 45.8 Å². The van der Waals surface area contributed by atoms with Gasteiger partial charge in [-0.2, -0.15) is 0 Å². The fraction of sp³-hybridized carbons (Fsp3) is 0.294. The second-order valence-electron chi connectivity index (χ2n) is 5.41. The Morgan fingerprint density at radius 3 is 2.96 bits per heavy atom. The number of benzene rings is 1. The number of guanidine groups is 1. The highest BCUT2D eigenvalue weighted by molar-refractivity contribution is 7.21. The third-order valence-electron chi connectivity index (χ3n) is 3.58. The fourth-order valence-electron chi connectivity index (χ4n) is 2.12. The Bertz CT molecular complexity index is 788. The summed E-state index contributed by atoms with van der Waals surface area (Å²) in [6.45, 7) is 4.59. The van der Waals surface area contributed by atoms with Gasteiger partial charge in [-0.1, -0.05) is 19.1 Å². The van der Waals surface area contributed by atoms with Crippen LogP contribution >= 0.6 is 11.3 Å². The highest BCUT2D eigenvalue weighted by atomic mass is 32.1. The summed E-state index contributed by atoms with van der Waals surface area (Å²) in [5.41, 5.74) is 6.85. The zero-order valence-corrected chi connectivity index (χ0v) is 14.1. The second kappa shape index (κ2) is 6.83. The van der Waals surface area contributed by atoms with E-state index in [1.165, 1.54) is 0 Å². The van der Waals surface area contributed by atoms with Gasteiger partial charge in [0.1, 0.15) is 12.3 Å². The van der Waals surface area contributed by atoms with Crippen molar-refractivity contribution in [2.24, 2.45) is 10.7 Å². The van der Waals surface area contributed by atoms with Crippen molar-refractivity contribution in [3.8, 4) is 10.8 Å². The summed E-state index contributed by atoms with van der Waals surface area (Å²) in [5, 5.41) is 4.01. The number of fused-ring (bicyclic) bond motifs is 1. The number of aliphatic imine (C=N–C) groups is 1. The van der Waals surface area contributed by atoms with Gasteiger partial charge >= 0.3 is 0 Å². The number of thiazole rings is 1. The summed E-state index contributed by atoms with van der Waals surface area (Å²) in [6, 6.07) is 12.2. The highest BCUT2D eigenvalue weighted by Gasteiger charge is 2.10. The second-order valence-corrected chi connectivity index (χ2v) is 6.44. The minimum atomic E-state index is 0.314. The van der Waals surface area contributed by atoms with Crippen LogP contribution in [0.3, 0.4) is 0 Å². The Balaban J connectivity index is 1.71. The molecular formula is C17H20N4OS. The van der Waals surface area contributed by atoms with Crippen LogP contribution < -0.4 is 11.1 Å². The van der Waals surface area contributed by atoms with E-state index in [9.17, 15) is 0 Å². The van der Waals surface area contributed by atoms with Gasteiger partial charge < -0.3 is 15.5 Å². The van der Waals surface area contributed by atoms with Gasteiger partial charge in [0.25, 0.3) is 0 Å². The summed E-state index contributed by atoms with van der Waals surface area (Å²) in [6.07, 6.45) is 0.999. The topological polar surface area (TPSA) is 76.4 Å². The Hall–Kier alpha value is -2.34. The van der Waals surface area contributed by atoms with Crippen LogP contribution in [-0.2, 0) is 6.54 Å². The van der Waals surface area contributed by atoms with Gasteiger partial charge in [-0.15, -0.1) is 11.3 Å². The summed E-state index contributed by atoms with van der Waals surface area (Å²) >= 11 is 1.62. The molecule has 0 spiro atoms. The number of nitrogens with zero attached hydrogens (tertiary/aromatic N) is 2. The molecular weight excluding hydrogens is 308 g/mol. The number of furan rings is 1. The summed E-state index contributed by atoms with van der Waals surface area (Å²) < 4.78 is 6.99. The van der Waals surface area contributed by atoms with Gasteiger partial charge in [0.15, 0.2) is 16.7 Å². The Labute approximate surface area is 139 Å². The van der Waals surface area contributed by atoms with E-state index in [1.807, 2.05) is 30.3 Å². The van der Waals surface area contributed by atoms with Crippen molar-refractivity contribution in [3.63, 3.8) is 0 Å². The van der Waals surface area contributed by atoms with Gasteiger partial charge in [-0.3, -0.25) is 0 Å². The molecule has 6 heteroatoms. The first-order valence-corrected chi connectivity index (χ1v) is 8.48. The minimum Gasteiger partial charge on any atom is -0.457 e. The first kappa shape index (κ1) is 15.6. The molecule has 2 heterocycles. The number of nitrogens with two attached hydrogens (primary N) is 1. The molecule has 120 valence electrons. The summed E-state index contributed by atoms with van der Waals surface area (Å²) in [4.78, 5) is 8.90. The van der Waals surface area contributed by atoms with Crippen molar-refractivity contribution in [2.45, 2.75) is 32.9 Å². The van der Waals surface area contributed by atoms with E-state index in [1.54, 1.807) is 11.3 Å². The van der Waals surface area contributed by atoms with Crippen LogP contribution in [0.4, 0.5) is 0 Å². The monoisotopic (exact) mass is 328 g/mol. The number of para-hydroxylation sites is 1. The van der Waals surface area contributed by atoms with Crippen molar-refractivity contribution >= 4 is 27.5 Å². The van der Waals surface area contributed by atoms with Gasteiger partial charge in [0, 0.05) is 6.04 Å². The average molecular weight is 328 g/mol. The Morgan fingerprint density at radius 1 is 1.35 bits per heavy atom. The third-order valence-corrected chi connectivity index (χ3v) is 4.63. The van der Waals surface area contributed by atoms with Gasteiger partial charge in [0.05, 0.1) is 10.2 Å². The number of aromatic nitrogens is 1. The van der Waals surface area contributed by atoms with Crippen LogP contribution in [0.2, 0.25) is 0 Å². The SMILES string of the molecule is CCC(C)NC(N)=NCc1ccc(-c2nc3ccccc3s2)o1. The quantitative estimate of drug-likeness (QED) is 0.552. The number of nitrogens with one attached hydrogen (secondary N) is 1. The molecule has 2 aromatic heterocycles. The smallest absolute Gasteiger partial charge is 0.189 e. The lowest BCUT2D eigenvalue weighted by Gasteiger charge is -2.11. The van der Waals surface area contributed by atoms with Crippen molar-refractivity contribution < 1.29 is 4.42 Å². The molecule has 0 saturated carbocycles. The lowest BCUT2D eigenvalue weighted by Crippen LogP contribution is -2.38. The maximum atomic E-state index is 5.85. The zero-order chi connectivity index (χ0) is 16.2. The van der Waals surface area contributed by atoms with Gasteiger partial charge in [-0.25, -0.2) is 9.98 Å². The molecule has 0 aliphatic rings. The lowest BCUT2D eigenvalue weighted by atomic mass is 10.3. The van der Waals surface area contributed by atoms with Crippen LogP contribution in [0.1, 0.15) is 26.0 Å². The molecule has 0 aliphatic carbocycles. The van der Waals surface area contributed by atoms with Crippen LogP contribution in [0.5, 0.6) is 0 Å².